The normalized spacial score (nSPS) is 10.8. The lowest BCUT2D eigenvalue weighted by molar-refractivity contribution is 0.467. The van der Waals surface area contributed by atoms with E-state index in [1.165, 1.54) is 0 Å². The number of aryl methyl sites for hydroxylation is 1. The van der Waals surface area contributed by atoms with Crippen LogP contribution in [0.4, 0.5) is 0 Å². The number of nitrogens with zero attached hydrogens (tertiary/aromatic N) is 1. The van der Waals surface area contributed by atoms with E-state index in [0.717, 1.165) is 3.57 Å². The third-order valence-electron chi connectivity index (χ3n) is 1.76. The molecule has 0 atom stereocenters. The van der Waals surface area contributed by atoms with E-state index in [4.69, 9.17) is 16.0 Å². The fourth-order valence-electron chi connectivity index (χ4n) is 1.20. The summed E-state index contributed by atoms with van der Waals surface area (Å²) in [6.45, 7) is 1.64. The molecule has 0 saturated heterocycles. The van der Waals surface area contributed by atoms with Gasteiger partial charge in [0.25, 0.3) is 0 Å². The summed E-state index contributed by atoms with van der Waals surface area (Å²) in [5.74, 6) is 0.364. The number of rotatable bonds is 0. The monoisotopic (exact) mass is 321 g/mol. The molecule has 0 aliphatic carbocycles. The molecule has 0 aliphatic rings. The summed E-state index contributed by atoms with van der Waals surface area (Å²) in [6, 6.07) is 3.33. The number of halogens is 2. The van der Waals surface area contributed by atoms with Gasteiger partial charge in [0, 0.05) is 15.5 Å². The van der Waals surface area contributed by atoms with Crippen LogP contribution in [-0.4, -0.2) is 4.98 Å². The predicted molar refractivity (Wildman–Crippen MR) is 62.7 cm³/mol. The molecule has 0 amide bonds. The van der Waals surface area contributed by atoms with Crippen LogP contribution in [0.25, 0.3) is 10.9 Å². The van der Waals surface area contributed by atoms with Crippen molar-refractivity contribution >= 4 is 45.1 Å². The second-order valence-electron chi connectivity index (χ2n) is 2.80. The molecule has 1 aromatic heterocycles. The molecule has 0 bridgehead atoms. The van der Waals surface area contributed by atoms with E-state index in [2.05, 4.69) is 27.6 Å². The minimum atomic E-state index is -0.395. The van der Waals surface area contributed by atoms with Crippen molar-refractivity contribution in [3.63, 3.8) is 0 Å². The van der Waals surface area contributed by atoms with Crippen LogP contribution in [-0.2, 0) is 0 Å². The molecule has 14 heavy (non-hydrogen) atoms. The first-order valence-corrected chi connectivity index (χ1v) is 5.30. The Hall–Kier alpha value is -0.620. The molecule has 1 heterocycles. The third-order valence-corrected chi connectivity index (χ3v) is 2.80. The van der Waals surface area contributed by atoms with Gasteiger partial charge in [0.1, 0.15) is 0 Å². The lowest BCUT2D eigenvalue weighted by atomic mass is 10.2. The summed E-state index contributed by atoms with van der Waals surface area (Å²) in [6.07, 6.45) is 0. The number of benzene rings is 1. The van der Waals surface area contributed by atoms with Gasteiger partial charge in [-0.25, -0.2) is 9.78 Å². The van der Waals surface area contributed by atoms with Gasteiger partial charge in [0.05, 0.1) is 10.9 Å². The average molecular weight is 322 g/mol. The highest BCUT2D eigenvalue weighted by molar-refractivity contribution is 14.1. The number of hydrogen-bond acceptors (Lipinski definition) is 3. The first-order chi connectivity index (χ1) is 6.58. The number of aromatic nitrogens is 1. The SMILES string of the molecule is Cc1nc2c(I)cc(Cl)cc2c(=O)o1. The summed E-state index contributed by atoms with van der Waals surface area (Å²) in [5, 5.41) is 0.937. The maximum absolute atomic E-state index is 11.4. The molecule has 72 valence electrons. The van der Waals surface area contributed by atoms with Crippen LogP contribution in [0.5, 0.6) is 0 Å². The first-order valence-electron chi connectivity index (χ1n) is 3.84. The van der Waals surface area contributed by atoms with Crippen LogP contribution in [0.1, 0.15) is 5.89 Å². The Morgan fingerprint density at radius 1 is 1.50 bits per heavy atom. The minimum absolute atomic E-state index is 0.364. The van der Waals surface area contributed by atoms with Gasteiger partial charge in [-0.05, 0) is 34.7 Å². The Morgan fingerprint density at radius 2 is 2.21 bits per heavy atom. The lowest BCUT2D eigenvalue weighted by Crippen LogP contribution is -2.03. The summed E-state index contributed by atoms with van der Waals surface area (Å²) in [7, 11) is 0. The van der Waals surface area contributed by atoms with E-state index in [9.17, 15) is 4.79 Å². The highest BCUT2D eigenvalue weighted by Crippen LogP contribution is 2.21. The van der Waals surface area contributed by atoms with Gasteiger partial charge in [-0.1, -0.05) is 11.6 Å². The molecule has 0 spiro atoms. The summed E-state index contributed by atoms with van der Waals surface area (Å²) in [4.78, 5) is 15.6. The molecule has 5 heteroatoms. The predicted octanol–water partition coefficient (Wildman–Crippen LogP) is 2.75. The molecule has 3 nitrogen and oxygen atoms in total. The highest BCUT2D eigenvalue weighted by Gasteiger charge is 2.07. The third kappa shape index (κ3) is 1.64. The summed E-state index contributed by atoms with van der Waals surface area (Å²) >= 11 is 7.91. The van der Waals surface area contributed by atoms with E-state index >= 15 is 0 Å². The van der Waals surface area contributed by atoms with Crippen LogP contribution in [0.2, 0.25) is 5.02 Å². The van der Waals surface area contributed by atoms with Gasteiger partial charge >= 0.3 is 5.63 Å². The van der Waals surface area contributed by atoms with Gasteiger partial charge < -0.3 is 4.42 Å². The standard InChI is InChI=1S/C9H5ClINO2/c1-4-12-8-6(9(13)14-4)2-5(10)3-7(8)11/h2-3H,1H3. The molecular weight excluding hydrogens is 316 g/mol. The molecule has 2 rings (SSSR count). The number of hydrogen-bond donors (Lipinski definition) is 0. The maximum atomic E-state index is 11.4. The molecule has 0 N–H and O–H groups in total. The van der Waals surface area contributed by atoms with Gasteiger partial charge in [-0.3, -0.25) is 0 Å². The van der Waals surface area contributed by atoms with Crippen LogP contribution in [0.15, 0.2) is 21.3 Å². The molecule has 0 radical (unpaired) electrons. The Bertz CT molecular complexity index is 564. The van der Waals surface area contributed by atoms with Crippen LogP contribution in [0, 0.1) is 10.5 Å². The average Bonchev–Trinajstić information content (AvgIpc) is 2.07. The van der Waals surface area contributed by atoms with E-state index in [1.807, 2.05) is 0 Å². The second kappa shape index (κ2) is 3.51. The van der Waals surface area contributed by atoms with E-state index < -0.39 is 5.63 Å². The first kappa shape index (κ1) is 9.92. The molecular formula is C9H5ClINO2. The summed E-state index contributed by atoms with van der Waals surface area (Å²) < 4.78 is 5.72. The Morgan fingerprint density at radius 3 is 2.93 bits per heavy atom. The lowest BCUT2D eigenvalue weighted by Gasteiger charge is -2.00. The van der Waals surface area contributed by atoms with E-state index in [0.29, 0.717) is 21.8 Å². The van der Waals surface area contributed by atoms with Crippen molar-refractivity contribution in [2.75, 3.05) is 0 Å². The molecule has 0 aliphatic heterocycles. The zero-order chi connectivity index (χ0) is 10.3. The van der Waals surface area contributed by atoms with Crippen molar-refractivity contribution in [3.8, 4) is 0 Å². The highest BCUT2D eigenvalue weighted by atomic mass is 127. The van der Waals surface area contributed by atoms with Crippen LogP contribution < -0.4 is 5.63 Å². The van der Waals surface area contributed by atoms with E-state index in [-0.39, 0.29) is 0 Å². The van der Waals surface area contributed by atoms with Gasteiger partial charge in [0.15, 0.2) is 5.89 Å². The zero-order valence-electron chi connectivity index (χ0n) is 7.17. The Labute approximate surface area is 98.2 Å². The number of fused-ring (bicyclic) bond motifs is 1. The van der Waals surface area contributed by atoms with Crippen molar-refractivity contribution in [2.24, 2.45) is 0 Å². The molecule has 2 aromatic rings. The topological polar surface area (TPSA) is 43.1 Å². The summed E-state index contributed by atoms with van der Waals surface area (Å²) in [5.41, 5.74) is 0.247. The smallest absolute Gasteiger partial charge is 0.346 e. The van der Waals surface area contributed by atoms with E-state index in [1.54, 1.807) is 19.1 Å². The second-order valence-corrected chi connectivity index (χ2v) is 4.40. The Balaban J connectivity index is 3.02. The van der Waals surface area contributed by atoms with Gasteiger partial charge in [-0.15, -0.1) is 0 Å². The maximum Gasteiger partial charge on any atom is 0.346 e. The Kier molecular flexibility index (Phi) is 2.48. The fraction of sp³-hybridized carbons (Fsp3) is 0.111. The zero-order valence-corrected chi connectivity index (χ0v) is 10.1. The quantitative estimate of drug-likeness (QED) is 0.701. The van der Waals surface area contributed by atoms with Crippen molar-refractivity contribution in [1.29, 1.82) is 0 Å². The van der Waals surface area contributed by atoms with Crippen molar-refractivity contribution in [1.82, 2.24) is 4.98 Å². The van der Waals surface area contributed by atoms with Crippen molar-refractivity contribution in [3.05, 3.63) is 37.0 Å². The van der Waals surface area contributed by atoms with Crippen LogP contribution >= 0.6 is 34.2 Å². The molecule has 1 aromatic carbocycles. The minimum Gasteiger partial charge on any atom is -0.408 e. The van der Waals surface area contributed by atoms with Crippen molar-refractivity contribution in [2.45, 2.75) is 6.92 Å². The largest absolute Gasteiger partial charge is 0.408 e. The van der Waals surface area contributed by atoms with Gasteiger partial charge in [0.2, 0.25) is 0 Å². The molecule has 0 unspecified atom stereocenters. The van der Waals surface area contributed by atoms with Crippen molar-refractivity contribution < 1.29 is 4.42 Å². The molecule has 0 fully saturated rings. The molecule has 0 saturated carbocycles. The van der Waals surface area contributed by atoms with Gasteiger partial charge in [-0.2, -0.15) is 0 Å². The van der Waals surface area contributed by atoms with Crippen LogP contribution in [0.3, 0.4) is 0 Å². The fourth-order valence-corrected chi connectivity index (χ4v) is 2.35.